The summed E-state index contributed by atoms with van der Waals surface area (Å²) in [6.45, 7) is 11.7. The first-order valence-electron chi connectivity index (χ1n) is 27.8. The monoisotopic (exact) mass is 1300 g/mol. The van der Waals surface area contributed by atoms with Crippen molar-refractivity contribution in [3.05, 3.63) is 71.6 Å². The van der Waals surface area contributed by atoms with Crippen molar-refractivity contribution in [3.63, 3.8) is 0 Å². The average Bonchev–Trinajstić information content (AvgIpc) is 1.70. The van der Waals surface area contributed by atoms with Crippen molar-refractivity contribution in [2.75, 3.05) is 58.2 Å². The van der Waals surface area contributed by atoms with Crippen LogP contribution < -0.4 is 21.5 Å². The molecule has 6 N–H and O–H groups in total. The molecule has 0 spiro atoms. The first-order chi connectivity index (χ1) is 40.5. The summed E-state index contributed by atoms with van der Waals surface area (Å²) in [5.74, 6) is -1.32. The van der Waals surface area contributed by atoms with E-state index in [9.17, 15) is 43.4 Å². The third-order valence-electron chi connectivity index (χ3n) is 15.3. The molecule has 0 radical (unpaired) electrons. The fourth-order valence-corrected chi connectivity index (χ4v) is 14.8. The third-order valence-corrected chi connectivity index (χ3v) is 25.2. The van der Waals surface area contributed by atoms with Crippen molar-refractivity contribution >= 4 is 94.5 Å². The van der Waals surface area contributed by atoms with Crippen LogP contribution in [0.15, 0.2) is 60.4 Å². The van der Waals surface area contributed by atoms with Crippen LogP contribution in [0.5, 0.6) is 0 Å². The van der Waals surface area contributed by atoms with E-state index in [0.717, 1.165) is 23.3 Å². The molecular weight excluding hydrogens is 1220 g/mol. The largest absolute Gasteiger partial charge is 0.450 e. The first kappa shape index (κ1) is 66.6. The van der Waals surface area contributed by atoms with E-state index in [1.807, 2.05) is 33.9 Å². The summed E-state index contributed by atoms with van der Waals surface area (Å²) < 4.78 is 84.2. The van der Waals surface area contributed by atoms with Gasteiger partial charge in [-0.3, -0.25) is 42.0 Å². The number of fused-ring (bicyclic) bond motifs is 2. The van der Waals surface area contributed by atoms with E-state index in [0.29, 0.717) is 24.9 Å². The van der Waals surface area contributed by atoms with E-state index in [4.69, 9.17) is 48.8 Å². The van der Waals surface area contributed by atoms with E-state index in [1.54, 1.807) is 35.2 Å². The molecule has 0 unspecified atom stereocenters. The van der Waals surface area contributed by atoms with Crippen LogP contribution in [0.3, 0.4) is 0 Å². The highest BCUT2D eigenvalue weighted by Gasteiger charge is 2.57. The Morgan fingerprint density at radius 3 is 2.22 bits per heavy atom. The van der Waals surface area contributed by atoms with Crippen LogP contribution in [-0.4, -0.2) is 194 Å². The van der Waals surface area contributed by atoms with Gasteiger partial charge in [-0.1, -0.05) is 58.6 Å². The van der Waals surface area contributed by atoms with Crippen LogP contribution in [0.25, 0.3) is 22.3 Å². The van der Waals surface area contributed by atoms with Gasteiger partial charge in [0.25, 0.3) is 11.5 Å². The number of amides is 4. The van der Waals surface area contributed by atoms with E-state index < -0.39 is 127 Å². The second-order valence-corrected chi connectivity index (χ2v) is 38.8. The molecule has 4 amide bonds. The molecule has 1 aromatic carbocycles. The van der Waals surface area contributed by atoms with Crippen LogP contribution in [0.1, 0.15) is 63.4 Å². The number of alkyl halides is 1. The molecule has 7 heterocycles. The Bertz CT molecular complexity index is 3390. The number of ether oxygens (including phenoxy) is 4. The maximum absolute atomic E-state index is 17.0. The number of nitrogens with zero attached hydrogens (tertiary/aromatic N) is 9. The zero-order valence-electron chi connectivity index (χ0n) is 49.1. The second-order valence-electron chi connectivity index (χ2n) is 23.7. The lowest BCUT2D eigenvalue weighted by molar-refractivity contribution is -0.130. The maximum Gasteiger partial charge on any atom is 0.407 e. The molecule has 35 heteroatoms. The van der Waals surface area contributed by atoms with Crippen molar-refractivity contribution in [3.8, 4) is 0 Å². The predicted molar refractivity (Wildman–Crippen MR) is 317 cm³/mol. The SMILES string of the molecule is CC(=O)N1CCC[C@@H]1CO[P@@](=S)(OC[C@H]1O[C@@H](n2cnc3c(NC(=O)c4ccccc4)ncnc32)[C@@H](F)[C@@H]1P(=O)(O)O)O[C@@H]1[C@H](O[Si](C)(C)C(C)(C)C)[C@@H](CO)O[C@H]1n1cnc2c(=O)n(CCOCNC(=O)CNC(=O)OCC[Si](C)(C)C)cnc21. The number of aliphatic hydroxyl groups excluding tert-OH is 1. The average molecular weight is 1300 g/mol. The highest BCUT2D eigenvalue weighted by molar-refractivity contribution is 8.07. The van der Waals surface area contributed by atoms with Gasteiger partial charge in [-0.2, -0.15) is 0 Å². The van der Waals surface area contributed by atoms with Crippen LogP contribution >= 0.6 is 14.3 Å². The van der Waals surface area contributed by atoms with E-state index in [-0.39, 0.29) is 73.7 Å². The number of halogens is 1. The van der Waals surface area contributed by atoms with Gasteiger partial charge in [-0.15, -0.1) is 0 Å². The van der Waals surface area contributed by atoms with E-state index in [2.05, 4.69) is 60.5 Å². The van der Waals surface area contributed by atoms with Crippen molar-refractivity contribution in [1.82, 2.24) is 54.2 Å². The Balaban J connectivity index is 1.05. The standard InChI is InChI=1S/C51H75FN12O17P2SSi2/c1-31(66)62-17-13-16-33(62)24-76-83(84,77-25-35-42(82(71,72)73)37(52)48(79-35)63-28-56-38-43(54-26-55-44(38)63)60-46(68)32-14-11-10-12-15-32)80-41-40(81-86(8,9)51(2,3)4)34(23-65)78-49(41)64-29-57-39-45(64)58-27-61(47(39)69)18-19-74-30-59-36(67)22-53-50(70)75-20-21-85(5,6)7/h10-12,14-15,26-29,33-35,37,40-42,48-49,65H,13,16-25,30H2,1-9H3,(H,53,70)(H,59,67)(H2,71,72,73)(H,54,55,60,68)/t33-,34-,35-,37+,40-,41-,42-,48-,49-,83-/m1/s1. The van der Waals surface area contributed by atoms with Crippen molar-refractivity contribution in [1.29, 1.82) is 0 Å². The topological polar surface area (TPSA) is 356 Å². The lowest BCUT2D eigenvalue weighted by Gasteiger charge is -2.41. The van der Waals surface area contributed by atoms with Gasteiger partial charge in [0, 0.05) is 27.1 Å². The summed E-state index contributed by atoms with van der Waals surface area (Å²) >= 11 is 6.23. The van der Waals surface area contributed by atoms with Crippen molar-refractivity contribution in [2.45, 2.75) is 146 Å². The Kier molecular flexibility index (Phi) is 21.4. The molecule has 472 valence electrons. The molecule has 29 nitrogen and oxygen atoms in total. The fourth-order valence-electron chi connectivity index (χ4n) is 9.60. The van der Waals surface area contributed by atoms with Gasteiger partial charge in [0.1, 0.15) is 56.0 Å². The number of carbonyl (C=O) groups excluding carboxylic acids is 4. The minimum absolute atomic E-state index is 0.0132. The summed E-state index contributed by atoms with van der Waals surface area (Å²) in [5.41, 5.74) is -2.57. The molecule has 86 heavy (non-hydrogen) atoms. The molecule has 8 rings (SSSR count). The maximum atomic E-state index is 17.0. The van der Waals surface area contributed by atoms with Gasteiger partial charge >= 0.3 is 20.4 Å². The molecule has 0 aliphatic carbocycles. The quantitative estimate of drug-likeness (QED) is 0.0191. The second kappa shape index (κ2) is 27.6. The fraction of sp³-hybridized carbons (Fsp3) is 0.608. The van der Waals surface area contributed by atoms with Crippen molar-refractivity contribution in [2.24, 2.45) is 0 Å². The third kappa shape index (κ3) is 15.9. The van der Waals surface area contributed by atoms with Gasteiger partial charge in [0.15, 0.2) is 55.1 Å². The summed E-state index contributed by atoms with van der Waals surface area (Å²) in [6.07, 6.45) is -5.76. The zero-order chi connectivity index (χ0) is 62.5. The number of hydrogen-bond donors (Lipinski definition) is 6. The minimum atomic E-state index is -5.41. The first-order valence-corrected chi connectivity index (χ1v) is 38.7. The lowest BCUT2D eigenvalue weighted by Crippen LogP contribution is -2.50. The van der Waals surface area contributed by atoms with Gasteiger partial charge in [-0.05, 0) is 61.0 Å². The number of likely N-dealkylation sites (tertiary alicyclic amines) is 1. The van der Waals surface area contributed by atoms with Crippen LogP contribution in [0.2, 0.25) is 43.8 Å². The summed E-state index contributed by atoms with van der Waals surface area (Å²) in [4.78, 5) is 109. The van der Waals surface area contributed by atoms with Gasteiger partial charge in [0.05, 0.1) is 58.3 Å². The van der Waals surface area contributed by atoms with Crippen LogP contribution in [0, 0.1) is 0 Å². The van der Waals surface area contributed by atoms with Gasteiger partial charge in [-0.25, -0.2) is 34.1 Å². The van der Waals surface area contributed by atoms with Gasteiger partial charge < -0.3 is 68.2 Å². The normalized spacial score (nSPS) is 23.6. The molecule has 3 aliphatic rings. The number of nitrogens with one attached hydrogen (secondary N) is 3. The predicted octanol–water partition coefficient (Wildman–Crippen LogP) is 4.56. The van der Waals surface area contributed by atoms with Crippen LogP contribution in [0.4, 0.5) is 15.0 Å². The molecule has 3 fully saturated rings. The Morgan fingerprint density at radius 1 is 0.872 bits per heavy atom. The Morgan fingerprint density at radius 2 is 1.55 bits per heavy atom. The minimum Gasteiger partial charge on any atom is -0.450 e. The van der Waals surface area contributed by atoms with Crippen molar-refractivity contribution < 1.29 is 80.0 Å². The molecule has 3 saturated heterocycles. The summed E-state index contributed by atoms with van der Waals surface area (Å²) in [6, 6.07) is 8.53. The molecule has 10 atom stereocenters. The molecule has 5 aromatic rings. The number of imidazole rings is 2. The number of aliphatic hydroxyl groups is 1. The number of carbonyl (C=O) groups is 4. The number of aromatic nitrogens is 8. The van der Waals surface area contributed by atoms with Gasteiger partial charge in [0.2, 0.25) is 11.8 Å². The number of benzene rings is 1. The summed E-state index contributed by atoms with van der Waals surface area (Å²) in [5, 5.41) is 18.2. The zero-order valence-corrected chi connectivity index (χ0v) is 53.7. The highest BCUT2D eigenvalue weighted by Crippen LogP contribution is 2.58. The molecule has 3 aliphatic heterocycles. The number of alkyl carbamates (subject to hydrolysis) is 1. The smallest absolute Gasteiger partial charge is 0.407 e. The van der Waals surface area contributed by atoms with E-state index >= 15 is 4.39 Å². The number of anilines is 1. The number of hydrogen-bond acceptors (Lipinski definition) is 21. The number of rotatable bonds is 26. The molecule has 0 bridgehead atoms. The molecule has 0 saturated carbocycles. The molecular formula is C51H75FN12O17P2SSi2. The van der Waals surface area contributed by atoms with Crippen LogP contribution in [-0.2, 0) is 69.5 Å². The Labute approximate surface area is 501 Å². The molecule has 4 aromatic heterocycles. The van der Waals surface area contributed by atoms with E-state index in [1.165, 1.54) is 28.7 Å². The lowest BCUT2D eigenvalue weighted by atomic mass is 10.1. The highest BCUT2D eigenvalue weighted by atomic mass is 32.5. The Hall–Kier alpha value is -5.36. The summed E-state index contributed by atoms with van der Waals surface area (Å²) in [7, 11) is -9.67.